The van der Waals surface area contributed by atoms with Crippen molar-refractivity contribution in [1.29, 1.82) is 0 Å². The Morgan fingerprint density at radius 2 is 1.81 bits per heavy atom. The Kier molecular flexibility index (Phi) is 7.36. The lowest BCUT2D eigenvalue weighted by Crippen LogP contribution is -2.41. The molecular weight excluding hydrogens is 395 g/mol. The summed E-state index contributed by atoms with van der Waals surface area (Å²) in [6.07, 6.45) is 2.10. The summed E-state index contributed by atoms with van der Waals surface area (Å²) in [6, 6.07) is 6.07. The van der Waals surface area contributed by atoms with E-state index in [1.54, 1.807) is 12.1 Å². The smallest absolute Gasteiger partial charge is 0.225 e. The molecule has 0 unspecified atom stereocenters. The molecule has 7 heteroatoms. The van der Waals surface area contributed by atoms with Gasteiger partial charge in [0.05, 0.1) is 6.42 Å². The summed E-state index contributed by atoms with van der Waals surface area (Å²) in [6.45, 7) is 9.43. The molecule has 1 saturated heterocycles. The predicted octanol–water partition coefficient (Wildman–Crippen LogP) is 3.45. The Morgan fingerprint density at radius 1 is 1.16 bits per heavy atom. The molecule has 3 rings (SSSR count). The van der Waals surface area contributed by atoms with Gasteiger partial charge in [-0.2, -0.15) is 0 Å². The summed E-state index contributed by atoms with van der Waals surface area (Å²) in [5.41, 5.74) is 3.26. The number of nitrogens with one attached hydrogen (secondary N) is 1. The molecule has 0 saturated carbocycles. The number of nitrogens with zero attached hydrogens (tertiary/aromatic N) is 3. The molecule has 166 valence electrons. The van der Waals surface area contributed by atoms with E-state index in [-0.39, 0.29) is 35.9 Å². The van der Waals surface area contributed by atoms with E-state index in [0.29, 0.717) is 13.1 Å². The second-order valence-corrected chi connectivity index (χ2v) is 8.59. The van der Waals surface area contributed by atoms with Crippen LogP contribution in [0.1, 0.15) is 60.9 Å². The molecule has 1 atom stereocenters. The highest BCUT2D eigenvalue weighted by molar-refractivity contribution is 5.79. The number of aromatic nitrogens is 2. The van der Waals surface area contributed by atoms with E-state index in [1.807, 2.05) is 32.6 Å². The number of carbonyl (C=O) groups excluding carboxylic acids is 2. The van der Waals surface area contributed by atoms with Crippen molar-refractivity contribution in [1.82, 2.24) is 20.2 Å². The van der Waals surface area contributed by atoms with Crippen LogP contribution in [0.2, 0.25) is 0 Å². The lowest BCUT2D eigenvalue weighted by molar-refractivity contribution is -0.135. The van der Waals surface area contributed by atoms with Gasteiger partial charge >= 0.3 is 0 Å². The highest BCUT2D eigenvalue weighted by Gasteiger charge is 2.28. The van der Waals surface area contributed by atoms with E-state index < -0.39 is 0 Å². The average Bonchev–Trinajstić information content (AvgIpc) is 2.75. The number of hydrogen-bond acceptors (Lipinski definition) is 4. The molecule has 1 fully saturated rings. The number of aryl methyl sites for hydroxylation is 2. The Labute approximate surface area is 183 Å². The van der Waals surface area contributed by atoms with Crippen molar-refractivity contribution in [2.24, 2.45) is 5.92 Å². The summed E-state index contributed by atoms with van der Waals surface area (Å²) < 4.78 is 13.0. The summed E-state index contributed by atoms with van der Waals surface area (Å²) in [4.78, 5) is 36.2. The van der Waals surface area contributed by atoms with Crippen molar-refractivity contribution in [3.63, 3.8) is 0 Å². The van der Waals surface area contributed by atoms with Crippen molar-refractivity contribution >= 4 is 11.8 Å². The molecule has 1 aliphatic heterocycles. The Hall–Kier alpha value is -2.83. The van der Waals surface area contributed by atoms with Crippen LogP contribution in [0.25, 0.3) is 0 Å². The standard InChI is InChI=1S/C24H31FN4O2/c1-15(2)24(31)29-11-5-6-19(14-29)23-27-16(3)21(17(4)28-23)12-22(30)26-13-18-7-9-20(25)10-8-18/h7-10,15,19H,5-6,11-14H2,1-4H3,(H,26,30)/t19-/m1/s1. The quantitative estimate of drug-likeness (QED) is 0.768. The molecule has 2 aromatic rings. The van der Waals surface area contributed by atoms with Crippen LogP contribution < -0.4 is 5.32 Å². The molecule has 0 bridgehead atoms. The number of amides is 2. The zero-order valence-corrected chi connectivity index (χ0v) is 18.7. The lowest BCUT2D eigenvalue weighted by atomic mass is 9.95. The van der Waals surface area contributed by atoms with Crippen LogP contribution in [-0.4, -0.2) is 39.8 Å². The molecule has 0 spiro atoms. The van der Waals surface area contributed by atoms with Crippen LogP contribution in [0.5, 0.6) is 0 Å². The van der Waals surface area contributed by atoms with Crippen molar-refractivity contribution in [3.05, 3.63) is 58.4 Å². The molecule has 1 aromatic heterocycles. The summed E-state index contributed by atoms with van der Waals surface area (Å²) in [5, 5.41) is 2.87. The monoisotopic (exact) mass is 426 g/mol. The first-order valence-electron chi connectivity index (χ1n) is 10.9. The van der Waals surface area contributed by atoms with Gasteiger partial charge in [-0.15, -0.1) is 0 Å². The van der Waals surface area contributed by atoms with Gasteiger partial charge in [-0.05, 0) is 44.4 Å². The molecule has 2 heterocycles. The highest BCUT2D eigenvalue weighted by atomic mass is 19.1. The molecule has 6 nitrogen and oxygen atoms in total. The molecule has 2 amide bonds. The molecule has 1 aromatic carbocycles. The van der Waals surface area contributed by atoms with Crippen molar-refractivity contribution in [3.8, 4) is 0 Å². The Balaban J connectivity index is 1.65. The lowest BCUT2D eigenvalue weighted by Gasteiger charge is -2.33. The van der Waals surface area contributed by atoms with E-state index in [0.717, 1.165) is 47.7 Å². The SMILES string of the molecule is Cc1nc([C@@H]2CCCN(C(=O)C(C)C)C2)nc(C)c1CC(=O)NCc1ccc(F)cc1. The van der Waals surface area contributed by atoms with E-state index in [4.69, 9.17) is 9.97 Å². The number of carbonyl (C=O) groups is 2. The van der Waals surface area contributed by atoms with Gasteiger partial charge in [0.2, 0.25) is 11.8 Å². The molecule has 1 aliphatic rings. The third-order valence-corrected chi connectivity index (χ3v) is 5.77. The fourth-order valence-corrected chi connectivity index (χ4v) is 3.98. The molecule has 0 radical (unpaired) electrons. The fraction of sp³-hybridized carbons (Fsp3) is 0.500. The van der Waals surface area contributed by atoms with Gasteiger partial charge < -0.3 is 10.2 Å². The van der Waals surface area contributed by atoms with Gasteiger partial charge in [0.1, 0.15) is 11.6 Å². The first kappa shape index (κ1) is 22.8. The Morgan fingerprint density at radius 3 is 2.42 bits per heavy atom. The van der Waals surface area contributed by atoms with Gasteiger partial charge in [0, 0.05) is 48.4 Å². The Bertz CT molecular complexity index is 920. The van der Waals surface area contributed by atoms with Crippen LogP contribution in [0.3, 0.4) is 0 Å². The van der Waals surface area contributed by atoms with Crippen molar-refractivity contribution in [2.45, 2.75) is 59.4 Å². The van der Waals surface area contributed by atoms with Crippen LogP contribution in [0, 0.1) is 25.6 Å². The first-order chi connectivity index (χ1) is 14.7. The number of likely N-dealkylation sites (tertiary alicyclic amines) is 1. The fourth-order valence-electron chi connectivity index (χ4n) is 3.98. The van der Waals surface area contributed by atoms with E-state index in [2.05, 4.69) is 5.32 Å². The van der Waals surface area contributed by atoms with Gasteiger partial charge in [0.25, 0.3) is 0 Å². The van der Waals surface area contributed by atoms with Gasteiger partial charge in [-0.1, -0.05) is 26.0 Å². The van der Waals surface area contributed by atoms with Crippen LogP contribution >= 0.6 is 0 Å². The minimum atomic E-state index is -0.298. The van der Waals surface area contributed by atoms with Gasteiger partial charge in [-0.3, -0.25) is 9.59 Å². The number of benzene rings is 1. The highest BCUT2D eigenvalue weighted by Crippen LogP contribution is 2.27. The van der Waals surface area contributed by atoms with Crippen LogP contribution in [0.15, 0.2) is 24.3 Å². The summed E-state index contributed by atoms with van der Waals surface area (Å²) >= 11 is 0. The first-order valence-corrected chi connectivity index (χ1v) is 10.9. The molecule has 1 N–H and O–H groups in total. The summed E-state index contributed by atoms with van der Waals surface area (Å²) in [5.74, 6) is 0.611. The maximum atomic E-state index is 13.0. The molecular formula is C24H31FN4O2. The third kappa shape index (κ3) is 5.87. The third-order valence-electron chi connectivity index (χ3n) is 5.77. The second-order valence-electron chi connectivity index (χ2n) is 8.59. The number of piperidine rings is 1. The topological polar surface area (TPSA) is 75.2 Å². The van der Waals surface area contributed by atoms with Crippen molar-refractivity contribution in [2.75, 3.05) is 13.1 Å². The normalized spacial score (nSPS) is 16.5. The maximum Gasteiger partial charge on any atom is 0.225 e. The minimum absolute atomic E-state index is 0.0149. The zero-order chi connectivity index (χ0) is 22.5. The van der Waals surface area contributed by atoms with Gasteiger partial charge in [-0.25, -0.2) is 14.4 Å². The summed E-state index contributed by atoms with van der Waals surface area (Å²) in [7, 11) is 0. The van der Waals surface area contributed by atoms with E-state index in [9.17, 15) is 14.0 Å². The average molecular weight is 427 g/mol. The number of halogens is 1. The molecule has 0 aliphatic carbocycles. The van der Waals surface area contributed by atoms with Crippen LogP contribution in [-0.2, 0) is 22.6 Å². The minimum Gasteiger partial charge on any atom is -0.352 e. The zero-order valence-electron chi connectivity index (χ0n) is 18.7. The predicted molar refractivity (Wildman–Crippen MR) is 117 cm³/mol. The number of hydrogen-bond donors (Lipinski definition) is 1. The van der Waals surface area contributed by atoms with Crippen LogP contribution in [0.4, 0.5) is 4.39 Å². The number of rotatable bonds is 6. The van der Waals surface area contributed by atoms with Gasteiger partial charge in [0.15, 0.2) is 0 Å². The van der Waals surface area contributed by atoms with Crippen molar-refractivity contribution < 1.29 is 14.0 Å². The van der Waals surface area contributed by atoms with E-state index >= 15 is 0 Å². The molecule has 31 heavy (non-hydrogen) atoms. The largest absolute Gasteiger partial charge is 0.352 e. The van der Waals surface area contributed by atoms with E-state index in [1.165, 1.54) is 12.1 Å². The maximum absolute atomic E-state index is 13.0. The second kappa shape index (κ2) is 9.98.